The van der Waals surface area contributed by atoms with Crippen LogP contribution < -0.4 is 10.6 Å². The minimum absolute atomic E-state index is 0.139. The fourth-order valence-electron chi connectivity index (χ4n) is 2.98. The Morgan fingerprint density at radius 1 is 1.24 bits per heavy atom. The lowest BCUT2D eigenvalue weighted by Gasteiger charge is -2.33. The lowest BCUT2D eigenvalue weighted by molar-refractivity contribution is -0.118. The third-order valence-corrected chi connectivity index (χ3v) is 4.15. The highest BCUT2D eigenvalue weighted by atomic mass is 16.2. The zero-order valence-electron chi connectivity index (χ0n) is 12.3. The van der Waals surface area contributed by atoms with Gasteiger partial charge in [-0.05, 0) is 41.7 Å². The minimum atomic E-state index is 0.139. The van der Waals surface area contributed by atoms with E-state index in [1.165, 1.54) is 5.56 Å². The van der Waals surface area contributed by atoms with Crippen molar-refractivity contribution >= 4 is 17.3 Å². The predicted octanol–water partition coefficient (Wildman–Crippen LogP) is 3.35. The van der Waals surface area contributed by atoms with Gasteiger partial charge in [0.2, 0.25) is 5.91 Å². The van der Waals surface area contributed by atoms with Crippen molar-refractivity contribution < 1.29 is 4.79 Å². The molecule has 1 aliphatic rings. The standard InChI is InChI=1S/C18H20N2O/c1-13-9-10-20(17-8-3-2-7-16(13)17)18(21)12-14-5-4-6-15(19)11-14/h2-8,11,13H,9-10,12,19H2,1H3. The highest BCUT2D eigenvalue weighted by Gasteiger charge is 2.25. The lowest BCUT2D eigenvalue weighted by Crippen LogP contribution is -2.37. The molecule has 1 atom stereocenters. The average molecular weight is 280 g/mol. The van der Waals surface area contributed by atoms with Crippen LogP contribution >= 0.6 is 0 Å². The summed E-state index contributed by atoms with van der Waals surface area (Å²) in [7, 11) is 0. The molecule has 0 bridgehead atoms. The van der Waals surface area contributed by atoms with E-state index in [9.17, 15) is 4.79 Å². The first-order valence-electron chi connectivity index (χ1n) is 7.39. The van der Waals surface area contributed by atoms with Crippen molar-refractivity contribution in [1.29, 1.82) is 0 Å². The number of fused-ring (bicyclic) bond motifs is 1. The van der Waals surface area contributed by atoms with Gasteiger partial charge in [0, 0.05) is 17.9 Å². The molecule has 3 rings (SSSR count). The summed E-state index contributed by atoms with van der Waals surface area (Å²) >= 11 is 0. The molecule has 1 unspecified atom stereocenters. The number of para-hydroxylation sites is 1. The molecule has 0 spiro atoms. The first-order chi connectivity index (χ1) is 10.1. The Hall–Kier alpha value is -2.29. The van der Waals surface area contributed by atoms with Crippen LogP contribution in [0.25, 0.3) is 0 Å². The molecule has 3 heteroatoms. The molecule has 2 N–H and O–H groups in total. The van der Waals surface area contributed by atoms with Crippen LogP contribution in [0.3, 0.4) is 0 Å². The molecule has 0 fully saturated rings. The summed E-state index contributed by atoms with van der Waals surface area (Å²) in [5, 5.41) is 0. The monoisotopic (exact) mass is 280 g/mol. The topological polar surface area (TPSA) is 46.3 Å². The molecule has 0 aliphatic carbocycles. The first kappa shape index (κ1) is 13.7. The number of nitrogen functional groups attached to an aromatic ring is 1. The van der Waals surface area contributed by atoms with Gasteiger partial charge in [0.25, 0.3) is 0 Å². The van der Waals surface area contributed by atoms with Gasteiger partial charge in [0.05, 0.1) is 6.42 Å². The van der Waals surface area contributed by atoms with Gasteiger partial charge < -0.3 is 10.6 Å². The molecular formula is C18H20N2O. The van der Waals surface area contributed by atoms with E-state index in [0.29, 0.717) is 18.0 Å². The SMILES string of the molecule is CC1CCN(C(=O)Cc2cccc(N)c2)c2ccccc21. The molecule has 2 aromatic carbocycles. The number of benzene rings is 2. The van der Waals surface area contributed by atoms with Gasteiger partial charge in [-0.3, -0.25) is 4.79 Å². The van der Waals surface area contributed by atoms with Crippen molar-refractivity contribution in [3.05, 3.63) is 59.7 Å². The summed E-state index contributed by atoms with van der Waals surface area (Å²) < 4.78 is 0. The molecule has 108 valence electrons. The number of hydrogen-bond donors (Lipinski definition) is 1. The zero-order chi connectivity index (χ0) is 14.8. The third kappa shape index (κ3) is 2.77. The van der Waals surface area contributed by atoms with E-state index < -0.39 is 0 Å². The predicted molar refractivity (Wildman–Crippen MR) is 86.4 cm³/mol. The summed E-state index contributed by atoms with van der Waals surface area (Å²) in [6.07, 6.45) is 1.41. The summed E-state index contributed by atoms with van der Waals surface area (Å²) in [6.45, 7) is 3.01. The van der Waals surface area contributed by atoms with Crippen molar-refractivity contribution in [3.8, 4) is 0 Å². The lowest BCUT2D eigenvalue weighted by atomic mass is 9.91. The molecule has 0 saturated carbocycles. The van der Waals surface area contributed by atoms with Gasteiger partial charge in [-0.25, -0.2) is 0 Å². The van der Waals surface area contributed by atoms with E-state index in [1.54, 1.807) is 0 Å². The second kappa shape index (κ2) is 5.60. The van der Waals surface area contributed by atoms with Crippen molar-refractivity contribution in [2.45, 2.75) is 25.7 Å². The van der Waals surface area contributed by atoms with Crippen LogP contribution in [0.5, 0.6) is 0 Å². The summed E-state index contributed by atoms with van der Waals surface area (Å²) in [5.41, 5.74) is 9.78. The Morgan fingerprint density at radius 2 is 2.05 bits per heavy atom. The number of nitrogens with zero attached hydrogens (tertiary/aromatic N) is 1. The number of anilines is 2. The molecule has 2 aromatic rings. The summed E-state index contributed by atoms with van der Waals surface area (Å²) in [4.78, 5) is 14.5. The molecule has 0 aromatic heterocycles. The Labute approximate surface area is 125 Å². The normalized spacial score (nSPS) is 17.4. The van der Waals surface area contributed by atoms with Crippen LogP contribution in [0.2, 0.25) is 0 Å². The van der Waals surface area contributed by atoms with Crippen LogP contribution in [-0.4, -0.2) is 12.5 Å². The third-order valence-electron chi connectivity index (χ3n) is 4.15. The quantitative estimate of drug-likeness (QED) is 0.857. The van der Waals surface area contributed by atoms with Crippen molar-refractivity contribution in [1.82, 2.24) is 0 Å². The van der Waals surface area contributed by atoms with E-state index >= 15 is 0 Å². The molecular weight excluding hydrogens is 260 g/mol. The van der Waals surface area contributed by atoms with E-state index in [0.717, 1.165) is 24.2 Å². The Bertz CT molecular complexity index is 666. The molecule has 1 aliphatic heterocycles. The highest BCUT2D eigenvalue weighted by Crippen LogP contribution is 2.34. The number of nitrogens with two attached hydrogens (primary N) is 1. The van der Waals surface area contributed by atoms with Crippen molar-refractivity contribution in [2.75, 3.05) is 17.2 Å². The fourth-order valence-corrected chi connectivity index (χ4v) is 2.98. The van der Waals surface area contributed by atoms with Gasteiger partial charge >= 0.3 is 0 Å². The maximum Gasteiger partial charge on any atom is 0.231 e. The van der Waals surface area contributed by atoms with Crippen LogP contribution in [0.15, 0.2) is 48.5 Å². The Morgan fingerprint density at radius 3 is 2.86 bits per heavy atom. The molecule has 21 heavy (non-hydrogen) atoms. The Kier molecular flexibility index (Phi) is 3.65. The molecule has 0 radical (unpaired) electrons. The maximum atomic E-state index is 12.6. The number of carbonyl (C=O) groups excluding carboxylic acids is 1. The van der Waals surface area contributed by atoms with Crippen LogP contribution in [0.4, 0.5) is 11.4 Å². The molecule has 1 heterocycles. The van der Waals surface area contributed by atoms with Gasteiger partial charge in [-0.2, -0.15) is 0 Å². The number of rotatable bonds is 2. The number of hydrogen-bond acceptors (Lipinski definition) is 2. The maximum absolute atomic E-state index is 12.6. The largest absolute Gasteiger partial charge is 0.399 e. The smallest absolute Gasteiger partial charge is 0.231 e. The zero-order valence-corrected chi connectivity index (χ0v) is 12.3. The average Bonchev–Trinajstić information content (AvgIpc) is 2.48. The van der Waals surface area contributed by atoms with Crippen molar-refractivity contribution in [2.24, 2.45) is 0 Å². The highest BCUT2D eigenvalue weighted by molar-refractivity contribution is 5.96. The second-order valence-corrected chi connectivity index (χ2v) is 5.72. The van der Waals surface area contributed by atoms with Gasteiger partial charge in [0.15, 0.2) is 0 Å². The minimum Gasteiger partial charge on any atom is -0.399 e. The van der Waals surface area contributed by atoms with Gasteiger partial charge in [0.1, 0.15) is 0 Å². The van der Waals surface area contributed by atoms with E-state index in [4.69, 9.17) is 5.73 Å². The van der Waals surface area contributed by atoms with E-state index in [1.807, 2.05) is 47.4 Å². The second-order valence-electron chi connectivity index (χ2n) is 5.72. The number of amides is 1. The molecule has 3 nitrogen and oxygen atoms in total. The summed E-state index contributed by atoms with van der Waals surface area (Å²) in [5.74, 6) is 0.651. The first-order valence-corrected chi connectivity index (χ1v) is 7.39. The van der Waals surface area contributed by atoms with Crippen molar-refractivity contribution in [3.63, 3.8) is 0 Å². The van der Waals surface area contributed by atoms with Gasteiger partial charge in [-0.1, -0.05) is 37.3 Å². The van der Waals surface area contributed by atoms with E-state index in [2.05, 4.69) is 13.0 Å². The number of carbonyl (C=O) groups is 1. The molecule has 0 saturated heterocycles. The van der Waals surface area contributed by atoms with Crippen LogP contribution in [0.1, 0.15) is 30.4 Å². The Balaban J connectivity index is 1.84. The van der Waals surface area contributed by atoms with E-state index in [-0.39, 0.29) is 5.91 Å². The van der Waals surface area contributed by atoms with Crippen LogP contribution in [0, 0.1) is 0 Å². The fraction of sp³-hybridized carbons (Fsp3) is 0.278. The summed E-state index contributed by atoms with van der Waals surface area (Å²) in [6, 6.07) is 15.8. The molecule has 1 amide bonds. The van der Waals surface area contributed by atoms with Gasteiger partial charge in [-0.15, -0.1) is 0 Å². The van der Waals surface area contributed by atoms with Crippen LogP contribution in [-0.2, 0) is 11.2 Å².